The van der Waals surface area contributed by atoms with Gasteiger partial charge in [-0.05, 0) is 25.2 Å². The van der Waals surface area contributed by atoms with Crippen molar-refractivity contribution in [2.45, 2.75) is 57.9 Å². The van der Waals surface area contributed by atoms with Gasteiger partial charge in [0.15, 0.2) is 0 Å². The summed E-state index contributed by atoms with van der Waals surface area (Å²) in [6, 6.07) is -0.431. The maximum absolute atomic E-state index is 12.6. The van der Waals surface area contributed by atoms with Gasteiger partial charge in [-0.3, -0.25) is 14.5 Å². The number of amides is 4. The van der Waals surface area contributed by atoms with E-state index in [4.69, 9.17) is 0 Å². The molecule has 2 N–H and O–H groups in total. The average Bonchev–Trinajstić information content (AvgIpc) is 2.68. The molecule has 0 aromatic rings. The molecule has 2 rings (SSSR count). The van der Waals surface area contributed by atoms with Crippen molar-refractivity contribution in [3.63, 3.8) is 0 Å². The summed E-state index contributed by atoms with van der Waals surface area (Å²) in [6.07, 6.45) is 5.52. The Kier molecular flexibility index (Phi) is 4.85. The number of rotatable bonds is 5. The van der Waals surface area contributed by atoms with Crippen molar-refractivity contribution in [3.8, 4) is 0 Å². The normalized spacial score (nSPS) is 28.9. The van der Waals surface area contributed by atoms with Crippen LogP contribution in [0.25, 0.3) is 0 Å². The number of unbranched alkanes of at least 4 members (excludes halogenated alkanes) is 1. The van der Waals surface area contributed by atoms with Crippen molar-refractivity contribution < 1.29 is 14.4 Å². The summed E-state index contributed by atoms with van der Waals surface area (Å²) >= 11 is 0. The van der Waals surface area contributed by atoms with Gasteiger partial charge < -0.3 is 10.6 Å². The predicted octanol–water partition coefficient (Wildman–Crippen LogP) is 1.40. The summed E-state index contributed by atoms with van der Waals surface area (Å²) in [7, 11) is 0. The first kappa shape index (κ1) is 15.8. The van der Waals surface area contributed by atoms with Gasteiger partial charge in [-0.25, -0.2) is 4.79 Å². The quantitative estimate of drug-likeness (QED) is 0.594. The molecule has 21 heavy (non-hydrogen) atoms. The lowest BCUT2D eigenvalue weighted by Crippen LogP contribution is -2.54. The number of hydrogen-bond acceptors (Lipinski definition) is 3. The lowest BCUT2D eigenvalue weighted by molar-refractivity contribution is -0.137. The lowest BCUT2D eigenvalue weighted by atomic mass is 9.73. The van der Waals surface area contributed by atoms with Gasteiger partial charge in [-0.1, -0.05) is 33.1 Å². The van der Waals surface area contributed by atoms with Crippen LogP contribution in [-0.2, 0) is 9.59 Å². The fourth-order valence-corrected chi connectivity index (χ4v) is 3.24. The molecule has 6 nitrogen and oxygen atoms in total. The molecule has 0 bridgehead atoms. The van der Waals surface area contributed by atoms with E-state index in [2.05, 4.69) is 10.6 Å². The molecule has 0 aromatic heterocycles. The van der Waals surface area contributed by atoms with Crippen LogP contribution in [0.2, 0.25) is 0 Å². The topological polar surface area (TPSA) is 78.5 Å². The summed E-state index contributed by atoms with van der Waals surface area (Å²) in [5.41, 5.74) is -0.779. The Morgan fingerprint density at radius 1 is 1.43 bits per heavy atom. The highest BCUT2D eigenvalue weighted by molar-refractivity contribution is 6.09. The third-order valence-electron chi connectivity index (χ3n) is 4.66. The highest BCUT2D eigenvalue weighted by Crippen LogP contribution is 2.37. The molecule has 1 aliphatic carbocycles. The molecule has 0 unspecified atom stereocenters. The maximum Gasteiger partial charge on any atom is 0.325 e. The van der Waals surface area contributed by atoms with Crippen LogP contribution in [0, 0.1) is 5.92 Å². The van der Waals surface area contributed by atoms with Gasteiger partial charge >= 0.3 is 6.03 Å². The molecular formula is C15H25N3O3. The third kappa shape index (κ3) is 3.04. The van der Waals surface area contributed by atoms with Crippen LogP contribution >= 0.6 is 0 Å². The van der Waals surface area contributed by atoms with E-state index in [9.17, 15) is 14.4 Å². The molecule has 1 spiro atoms. The molecule has 0 aromatic carbocycles. The van der Waals surface area contributed by atoms with Gasteiger partial charge in [0.25, 0.3) is 5.91 Å². The minimum absolute atomic E-state index is 0.121. The van der Waals surface area contributed by atoms with Crippen molar-refractivity contribution in [1.29, 1.82) is 0 Å². The third-order valence-corrected chi connectivity index (χ3v) is 4.66. The molecule has 1 saturated carbocycles. The van der Waals surface area contributed by atoms with Crippen LogP contribution in [0.4, 0.5) is 4.79 Å². The monoisotopic (exact) mass is 295 g/mol. The molecule has 118 valence electrons. The van der Waals surface area contributed by atoms with Gasteiger partial charge in [0.2, 0.25) is 5.91 Å². The van der Waals surface area contributed by atoms with Crippen LogP contribution in [0.3, 0.4) is 0 Å². The van der Waals surface area contributed by atoms with Crippen LogP contribution < -0.4 is 10.6 Å². The largest absolute Gasteiger partial charge is 0.355 e. The number of carbonyl (C=O) groups is 3. The van der Waals surface area contributed by atoms with E-state index in [1.807, 2.05) is 13.8 Å². The van der Waals surface area contributed by atoms with Crippen molar-refractivity contribution in [2.75, 3.05) is 13.1 Å². The van der Waals surface area contributed by atoms with E-state index in [0.29, 0.717) is 13.0 Å². The first-order chi connectivity index (χ1) is 10.0. The van der Waals surface area contributed by atoms with Crippen molar-refractivity contribution in [1.82, 2.24) is 15.5 Å². The van der Waals surface area contributed by atoms with Gasteiger partial charge in [-0.15, -0.1) is 0 Å². The first-order valence-corrected chi connectivity index (χ1v) is 7.92. The minimum Gasteiger partial charge on any atom is -0.355 e. The molecule has 2 fully saturated rings. The Balaban J connectivity index is 2.00. The number of imide groups is 1. The number of nitrogens with one attached hydrogen (secondary N) is 2. The number of carbonyl (C=O) groups excluding carboxylic acids is 3. The standard InChI is InChI=1S/C15H25N3O3/c1-3-4-9-16-12(19)10-18-13(20)15(17-14(18)21)8-6-5-7-11(15)2/h11H,3-10H2,1-2H3,(H,16,19)(H,17,21)/t11-,15+/m0/s1. The van der Waals surface area contributed by atoms with Gasteiger partial charge in [0.05, 0.1) is 0 Å². The number of nitrogens with zero attached hydrogens (tertiary/aromatic N) is 1. The van der Waals surface area contributed by atoms with Crippen LogP contribution in [0.1, 0.15) is 52.4 Å². The zero-order valence-electron chi connectivity index (χ0n) is 12.9. The molecule has 4 amide bonds. The summed E-state index contributed by atoms with van der Waals surface area (Å²) < 4.78 is 0. The highest BCUT2D eigenvalue weighted by atomic mass is 16.2. The second-order valence-electron chi connectivity index (χ2n) is 6.14. The fraction of sp³-hybridized carbons (Fsp3) is 0.800. The summed E-state index contributed by atoms with van der Waals surface area (Å²) in [5.74, 6) is -0.381. The summed E-state index contributed by atoms with van der Waals surface area (Å²) in [4.78, 5) is 37.6. The van der Waals surface area contributed by atoms with Crippen molar-refractivity contribution in [2.24, 2.45) is 5.92 Å². The van der Waals surface area contributed by atoms with Crippen LogP contribution in [-0.4, -0.2) is 41.4 Å². The predicted molar refractivity (Wildman–Crippen MR) is 78.5 cm³/mol. The second-order valence-corrected chi connectivity index (χ2v) is 6.14. The summed E-state index contributed by atoms with van der Waals surface area (Å²) in [5, 5.41) is 5.59. The van der Waals surface area contributed by atoms with E-state index in [1.54, 1.807) is 0 Å². The lowest BCUT2D eigenvalue weighted by Gasteiger charge is -2.36. The van der Waals surface area contributed by atoms with E-state index >= 15 is 0 Å². The maximum atomic E-state index is 12.6. The molecule has 1 saturated heterocycles. The van der Waals surface area contributed by atoms with Gasteiger partial charge in [-0.2, -0.15) is 0 Å². The molecule has 0 radical (unpaired) electrons. The SMILES string of the molecule is CCCCNC(=O)CN1C(=O)N[C@@]2(CCCC[C@@H]2C)C1=O. The molecule has 2 atom stereocenters. The zero-order chi connectivity index (χ0) is 15.5. The Bertz CT molecular complexity index is 438. The Labute approximate surface area is 125 Å². The highest BCUT2D eigenvalue weighted by Gasteiger charge is 2.55. The van der Waals surface area contributed by atoms with Crippen molar-refractivity contribution >= 4 is 17.8 Å². The van der Waals surface area contributed by atoms with Gasteiger partial charge in [0.1, 0.15) is 12.1 Å². The van der Waals surface area contributed by atoms with E-state index in [-0.39, 0.29) is 24.3 Å². The fourth-order valence-electron chi connectivity index (χ4n) is 3.24. The minimum atomic E-state index is -0.779. The van der Waals surface area contributed by atoms with E-state index < -0.39 is 11.6 Å². The van der Waals surface area contributed by atoms with E-state index in [1.165, 1.54) is 0 Å². The molecular weight excluding hydrogens is 270 g/mol. The van der Waals surface area contributed by atoms with E-state index in [0.717, 1.165) is 37.0 Å². The molecule has 1 aliphatic heterocycles. The molecule has 1 heterocycles. The van der Waals surface area contributed by atoms with Gasteiger partial charge in [0, 0.05) is 6.54 Å². The zero-order valence-corrected chi connectivity index (χ0v) is 12.9. The Morgan fingerprint density at radius 2 is 2.19 bits per heavy atom. The average molecular weight is 295 g/mol. The van der Waals surface area contributed by atoms with Crippen LogP contribution in [0.5, 0.6) is 0 Å². The Morgan fingerprint density at radius 3 is 2.86 bits per heavy atom. The molecule has 6 heteroatoms. The van der Waals surface area contributed by atoms with Crippen LogP contribution in [0.15, 0.2) is 0 Å². The van der Waals surface area contributed by atoms with Crippen molar-refractivity contribution in [3.05, 3.63) is 0 Å². The smallest absolute Gasteiger partial charge is 0.325 e. The number of urea groups is 1. The summed E-state index contributed by atoms with van der Waals surface area (Å²) in [6.45, 7) is 4.45. The Hall–Kier alpha value is -1.59. The molecule has 2 aliphatic rings. The first-order valence-electron chi connectivity index (χ1n) is 7.92. The number of hydrogen-bond donors (Lipinski definition) is 2. The second kappa shape index (κ2) is 6.45.